The van der Waals surface area contributed by atoms with Crippen molar-refractivity contribution in [2.24, 2.45) is 10.2 Å². The highest BCUT2D eigenvalue weighted by atomic mass is 16.5. The fraction of sp³-hybridized carbons (Fsp3) is 0.480. The summed E-state index contributed by atoms with van der Waals surface area (Å²) in [6, 6.07) is 14.8. The largest absolute Gasteiger partial charge is 0.479 e. The lowest BCUT2D eigenvalue weighted by Gasteiger charge is -2.15. The van der Waals surface area contributed by atoms with E-state index in [1.165, 1.54) is 25.7 Å². The summed E-state index contributed by atoms with van der Waals surface area (Å²) in [6.07, 6.45) is 7.77. The molecule has 0 bridgehead atoms. The van der Waals surface area contributed by atoms with Gasteiger partial charge in [0, 0.05) is 19.8 Å². The molecule has 2 rings (SSSR count). The van der Waals surface area contributed by atoms with E-state index in [1.807, 2.05) is 43.3 Å². The average molecular weight is 426 g/mol. The Labute approximate surface area is 186 Å². The zero-order valence-electron chi connectivity index (χ0n) is 19.0. The number of nitrogens with zero attached hydrogens (tertiary/aromatic N) is 3. The second-order valence-electron chi connectivity index (χ2n) is 7.96. The summed E-state index contributed by atoms with van der Waals surface area (Å²) in [7, 11) is 3.98. The SMILES string of the molecule is CCCCCCCCCC(Oc1ccc(N=Nc2ccc(N(C)C)cc2)cc1)C(=O)O. The van der Waals surface area contributed by atoms with E-state index in [2.05, 4.69) is 17.2 Å². The summed E-state index contributed by atoms with van der Waals surface area (Å²) in [5, 5.41) is 17.9. The summed E-state index contributed by atoms with van der Waals surface area (Å²) >= 11 is 0. The van der Waals surface area contributed by atoms with Crippen molar-refractivity contribution in [1.82, 2.24) is 0 Å². The first-order valence-electron chi connectivity index (χ1n) is 11.2. The molecular weight excluding hydrogens is 390 g/mol. The Hall–Kier alpha value is -2.89. The van der Waals surface area contributed by atoms with E-state index in [0.717, 1.165) is 30.6 Å². The van der Waals surface area contributed by atoms with E-state index < -0.39 is 12.1 Å². The quantitative estimate of drug-likeness (QED) is 0.258. The molecule has 0 aliphatic heterocycles. The molecule has 0 spiro atoms. The van der Waals surface area contributed by atoms with Crippen LogP contribution in [0.3, 0.4) is 0 Å². The van der Waals surface area contributed by atoms with Crippen LogP contribution in [0.5, 0.6) is 5.75 Å². The van der Waals surface area contributed by atoms with Crippen LogP contribution < -0.4 is 9.64 Å². The van der Waals surface area contributed by atoms with E-state index >= 15 is 0 Å². The van der Waals surface area contributed by atoms with Gasteiger partial charge in [0.05, 0.1) is 11.4 Å². The number of benzene rings is 2. The van der Waals surface area contributed by atoms with Gasteiger partial charge in [-0.05, 0) is 61.4 Å². The average Bonchev–Trinajstić information content (AvgIpc) is 2.77. The molecule has 0 aliphatic rings. The summed E-state index contributed by atoms with van der Waals surface area (Å²) in [5.41, 5.74) is 2.56. The van der Waals surface area contributed by atoms with Gasteiger partial charge in [0.15, 0.2) is 6.10 Å². The molecule has 6 heteroatoms. The van der Waals surface area contributed by atoms with Crippen molar-refractivity contribution in [3.05, 3.63) is 48.5 Å². The van der Waals surface area contributed by atoms with Crippen molar-refractivity contribution in [3.8, 4) is 5.75 Å². The Kier molecular flexibility index (Phi) is 10.6. The highest BCUT2D eigenvalue weighted by Gasteiger charge is 2.18. The molecule has 0 fully saturated rings. The fourth-order valence-corrected chi connectivity index (χ4v) is 3.21. The molecule has 0 saturated carbocycles. The molecule has 0 amide bonds. The number of carboxylic acids is 1. The molecule has 31 heavy (non-hydrogen) atoms. The van der Waals surface area contributed by atoms with Crippen LogP contribution in [0.4, 0.5) is 17.1 Å². The Balaban J connectivity index is 1.82. The number of ether oxygens (including phenoxy) is 1. The predicted molar refractivity (Wildman–Crippen MR) is 126 cm³/mol. The van der Waals surface area contributed by atoms with Gasteiger partial charge < -0.3 is 14.7 Å². The molecule has 1 atom stereocenters. The molecule has 168 valence electrons. The van der Waals surface area contributed by atoms with Crippen molar-refractivity contribution in [1.29, 1.82) is 0 Å². The third-order valence-corrected chi connectivity index (χ3v) is 5.11. The standard InChI is InChI=1S/C25H35N3O3/c1-4-5-6-7-8-9-10-11-24(25(29)30)31-23-18-14-21(15-19-23)27-26-20-12-16-22(17-13-20)28(2)3/h12-19,24H,4-11H2,1-3H3,(H,29,30). The number of anilines is 1. The molecule has 1 N–H and O–H groups in total. The van der Waals surface area contributed by atoms with Gasteiger partial charge in [0.1, 0.15) is 5.75 Å². The lowest BCUT2D eigenvalue weighted by Crippen LogP contribution is -2.26. The monoisotopic (exact) mass is 425 g/mol. The number of rotatable bonds is 14. The molecule has 0 radical (unpaired) electrons. The van der Waals surface area contributed by atoms with Gasteiger partial charge in [-0.1, -0.05) is 45.4 Å². The van der Waals surface area contributed by atoms with Gasteiger partial charge in [0.2, 0.25) is 0 Å². The van der Waals surface area contributed by atoms with E-state index in [0.29, 0.717) is 17.9 Å². The van der Waals surface area contributed by atoms with Crippen LogP contribution in [0.2, 0.25) is 0 Å². The van der Waals surface area contributed by atoms with Crippen molar-refractivity contribution >= 4 is 23.0 Å². The minimum Gasteiger partial charge on any atom is -0.479 e. The lowest BCUT2D eigenvalue weighted by atomic mass is 10.1. The van der Waals surface area contributed by atoms with Crippen LogP contribution in [-0.4, -0.2) is 31.3 Å². The minimum absolute atomic E-state index is 0.521. The number of azo groups is 1. The number of carboxylic acid groups (broad SMARTS) is 1. The Morgan fingerprint density at radius 1 is 0.871 bits per heavy atom. The first-order valence-corrected chi connectivity index (χ1v) is 11.2. The minimum atomic E-state index is -0.920. The molecule has 0 aliphatic carbocycles. The summed E-state index contributed by atoms with van der Waals surface area (Å²) in [4.78, 5) is 13.6. The van der Waals surface area contributed by atoms with Crippen LogP contribution in [0.15, 0.2) is 58.8 Å². The summed E-state index contributed by atoms with van der Waals surface area (Å²) in [5.74, 6) is -0.388. The molecule has 2 aromatic carbocycles. The zero-order valence-corrected chi connectivity index (χ0v) is 19.0. The van der Waals surface area contributed by atoms with E-state index in [9.17, 15) is 9.90 Å². The van der Waals surface area contributed by atoms with Crippen LogP contribution in [0.1, 0.15) is 58.3 Å². The molecule has 1 unspecified atom stereocenters. The molecule has 0 saturated heterocycles. The molecule has 2 aromatic rings. The lowest BCUT2D eigenvalue weighted by molar-refractivity contribution is -0.145. The maximum absolute atomic E-state index is 11.5. The van der Waals surface area contributed by atoms with Gasteiger partial charge in [-0.25, -0.2) is 4.79 Å². The van der Waals surface area contributed by atoms with E-state index in [4.69, 9.17) is 4.74 Å². The van der Waals surface area contributed by atoms with Gasteiger partial charge >= 0.3 is 5.97 Å². The third kappa shape index (κ3) is 9.20. The van der Waals surface area contributed by atoms with Crippen LogP contribution in [0.25, 0.3) is 0 Å². The molecule has 0 heterocycles. The fourth-order valence-electron chi connectivity index (χ4n) is 3.21. The second kappa shape index (κ2) is 13.4. The number of carbonyl (C=O) groups is 1. The Morgan fingerprint density at radius 3 is 1.90 bits per heavy atom. The maximum Gasteiger partial charge on any atom is 0.344 e. The number of hydrogen-bond donors (Lipinski definition) is 1. The zero-order chi connectivity index (χ0) is 22.5. The normalized spacial score (nSPS) is 12.1. The third-order valence-electron chi connectivity index (χ3n) is 5.11. The smallest absolute Gasteiger partial charge is 0.344 e. The number of hydrogen-bond acceptors (Lipinski definition) is 5. The predicted octanol–water partition coefficient (Wildman–Crippen LogP) is 7.14. The van der Waals surface area contributed by atoms with Gasteiger partial charge in [-0.15, -0.1) is 0 Å². The first kappa shape index (κ1) is 24.4. The highest BCUT2D eigenvalue weighted by Crippen LogP contribution is 2.24. The van der Waals surface area contributed by atoms with Crippen LogP contribution in [0, 0.1) is 0 Å². The van der Waals surface area contributed by atoms with Crippen molar-refractivity contribution < 1.29 is 14.6 Å². The second-order valence-corrected chi connectivity index (χ2v) is 7.96. The summed E-state index contributed by atoms with van der Waals surface area (Å²) in [6.45, 7) is 2.20. The van der Waals surface area contributed by atoms with E-state index in [1.54, 1.807) is 24.3 Å². The van der Waals surface area contributed by atoms with Crippen molar-refractivity contribution in [2.45, 2.75) is 64.4 Å². The van der Waals surface area contributed by atoms with E-state index in [-0.39, 0.29) is 0 Å². The molecule has 0 aromatic heterocycles. The highest BCUT2D eigenvalue weighted by molar-refractivity contribution is 5.72. The number of aliphatic carboxylic acids is 1. The first-order chi connectivity index (χ1) is 15.0. The number of unbranched alkanes of at least 4 members (excludes halogenated alkanes) is 6. The topological polar surface area (TPSA) is 74.5 Å². The van der Waals surface area contributed by atoms with Gasteiger partial charge in [-0.3, -0.25) is 0 Å². The summed E-state index contributed by atoms with van der Waals surface area (Å²) < 4.78 is 5.70. The Morgan fingerprint density at radius 2 is 1.39 bits per heavy atom. The van der Waals surface area contributed by atoms with Gasteiger partial charge in [0.25, 0.3) is 0 Å². The van der Waals surface area contributed by atoms with Crippen molar-refractivity contribution in [3.63, 3.8) is 0 Å². The maximum atomic E-state index is 11.5. The molecular formula is C25H35N3O3. The van der Waals surface area contributed by atoms with Crippen LogP contribution in [-0.2, 0) is 4.79 Å². The van der Waals surface area contributed by atoms with Gasteiger partial charge in [-0.2, -0.15) is 10.2 Å². The van der Waals surface area contributed by atoms with Crippen LogP contribution >= 0.6 is 0 Å². The van der Waals surface area contributed by atoms with Crippen molar-refractivity contribution in [2.75, 3.05) is 19.0 Å². The molecule has 6 nitrogen and oxygen atoms in total. The Bertz CT molecular complexity index is 802.